The van der Waals surface area contributed by atoms with E-state index in [1.807, 2.05) is 66.7 Å². The number of rotatable bonds is 7. The fourth-order valence-electron chi connectivity index (χ4n) is 2.77. The lowest BCUT2D eigenvalue weighted by Gasteiger charge is -2.07. The molecule has 0 saturated carbocycles. The number of nitrogens with zero attached hydrogens (tertiary/aromatic N) is 5. The molecule has 29 heavy (non-hydrogen) atoms. The second-order valence-corrected chi connectivity index (χ2v) is 7.22. The molecule has 0 bridgehead atoms. The quantitative estimate of drug-likeness (QED) is 0.477. The Kier molecular flexibility index (Phi) is 5.92. The third kappa shape index (κ3) is 5.05. The molecule has 1 N–H and O–H groups in total. The third-order valence-electron chi connectivity index (χ3n) is 4.17. The fraction of sp³-hybridized carbons (Fsp3) is 0.0952. The van der Waals surface area contributed by atoms with Crippen LogP contribution in [0.3, 0.4) is 0 Å². The summed E-state index contributed by atoms with van der Waals surface area (Å²) in [4.78, 5) is 16.3. The van der Waals surface area contributed by atoms with Crippen molar-refractivity contribution in [3.05, 3.63) is 90.3 Å². The first-order valence-corrected chi connectivity index (χ1v) is 10.0. The maximum Gasteiger partial charge on any atom is 0.234 e. The van der Waals surface area contributed by atoms with Gasteiger partial charge in [0.25, 0.3) is 0 Å². The van der Waals surface area contributed by atoms with E-state index in [2.05, 4.69) is 25.8 Å². The number of carbonyl (C=O) groups is 1. The number of carbonyl (C=O) groups excluding carboxylic acids is 1. The van der Waals surface area contributed by atoms with Gasteiger partial charge in [-0.2, -0.15) is 4.68 Å². The molecule has 0 atom stereocenters. The Bertz CT molecular complexity index is 1070. The molecule has 0 radical (unpaired) electrons. The summed E-state index contributed by atoms with van der Waals surface area (Å²) in [6.45, 7) is 0. The van der Waals surface area contributed by atoms with Crippen molar-refractivity contribution in [2.75, 3.05) is 11.1 Å². The molecule has 7 nitrogen and oxygen atoms in total. The number of pyridine rings is 1. The minimum atomic E-state index is -0.112. The molecule has 8 heteroatoms. The van der Waals surface area contributed by atoms with Gasteiger partial charge in [-0.25, -0.2) is 0 Å². The highest BCUT2D eigenvalue weighted by atomic mass is 32.2. The highest BCUT2D eigenvalue weighted by molar-refractivity contribution is 7.99. The zero-order valence-corrected chi connectivity index (χ0v) is 16.3. The number of benzene rings is 2. The minimum Gasteiger partial charge on any atom is -0.325 e. The van der Waals surface area contributed by atoms with E-state index in [0.29, 0.717) is 5.16 Å². The molecule has 144 valence electrons. The van der Waals surface area contributed by atoms with Gasteiger partial charge in [0.1, 0.15) is 0 Å². The van der Waals surface area contributed by atoms with Gasteiger partial charge >= 0.3 is 0 Å². The van der Waals surface area contributed by atoms with E-state index in [9.17, 15) is 4.79 Å². The van der Waals surface area contributed by atoms with Crippen molar-refractivity contribution in [3.8, 4) is 5.69 Å². The van der Waals surface area contributed by atoms with Crippen LogP contribution in [0.1, 0.15) is 11.1 Å². The number of para-hydroxylation sites is 1. The Hall–Kier alpha value is -3.52. The van der Waals surface area contributed by atoms with Gasteiger partial charge in [-0.3, -0.25) is 9.78 Å². The van der Waals surface area contributed by atoms with E-state index in [1.165, 1.54) is 22.9 Å². The fourth-order valence-corrected chi connectivity index (χ4v) is 3.46. The number of hydrogen-bond donors (Lipinski definition) is 1. The number of tetrazole rings is 1. The van der Waals surface area contributed by atoms with Crippen molar-refractivity contribution in [1.82, 2.24) is 25.2 Å². The van der Waals surface area contributed by atoms with Crippen molar-refractivity contribution in [1.29, 1.82) is 0 Å². The van der Waals surface area contributed by atoms with Crippen LogP contribution in [0.2, 0.25) is 0 Å². The molecular weight excluding hydrogens is 384 g/mol. The van der Waals surface area contributed by atoms with Crippen molar-refractivity contribution in [3.63, 3.8) is 0 Å². The van der Waals surface area contributed by atoms with Gasteiger partial charge in [0.05, 0.1) is 11.4 Å². The minimum absolute atomic E-state index is 0.112. The monoisotopic (exact) mass is 402 g/mol. The number of hydrogen-bond acceptors (Lipinski definition) is 6. The standard InChI is InChI=1S/C21H18N6OS/c28-20(15-29-21-24-25-26-27(21)19-4-2-1-3-5-19)23-18-8-6-16(7-9-18)14-17-10-12-22-13-11-17/h1-13H,14-15H2,(H,23,28). The highest BCUT2D eigenvalue weighted by Crippen LogP contribution is 2.19. The van der Waals surface area contributed by atoms with Crippen LogP contribution in [-0.2, 0) is 11.2 Å². The molecule has 4 rings (SSSR count). The largest absolute Gasteiger partial charge is 0.325 e. The predicted molar refractivity (Wildman–Crippen MR) is 112 cm³/mol. The van der Waals surface area contributed by atoms with Gasteiger partial charge in [0.2, 0.25) is 11.1 Å². The van der Waals surface area contributed by atoms with Crippen molar-refractivity contribution < 1.29 is 4.79 Å². The summed E-state index contributed by atoms with van der Waals surface area (Å²) in [5.41, 5.74) is 3.98. The second-order valence-electron chi connectivity index (χ2n) is 6.27. The van der Waals surface area contributed by atoms with Gasteiger partial charge in [-0.1, -0.05) is 42.1 Å². The zero-order valence-electron chi connectivity index (χ0n) is 15.5. The van der Waals surface area contributed by atoms with Gasteiger partial charge < -0.3 is 5.32 Å². The first-order valence-electron chi connectivity index (χ1n) is 9.02. The van der Waals surface area contributed by atoms with Crippen molar-refractivity contribution in [2.45, 2.75) is 11.6 Å². The zero-order chi connectivity index (χ0) is 19.9. The Labute approximate surface area is 172 Å². The molecule has 0 aliphatic carbocycles. The van der Waals surface area contributed by atoms with Crippen LogP contribution >= 0.6 is 11.8 Å². The van der Waals surface area contributed by atoms with Crippen LogP contribution in [0.5, 0.6) is 0 Å². The third-order valence-corrected chi connectivity index (χ3v) is 5.09. The normalized spacial score (nSPS) is 10.6. The molecule has 0 unspecified atom stereocenters. The summed E-state index contributed by atoms with van der Waals surface area (Å²) in [6, 6.07) is 21.4. The molecule has 1 amide bonds. The lowest BCUT2D eigenvalue weighted by Crippen LogP contribution is -2.14. The first kappa shape index (κ1) is 18.8. The summed E-state index contributed by atoms with van der Waals surface area (Å²) in [5.74, 6) is 0.103. The van der Waals surface area contributed by atoms with Crippen molar-refractivity contribution >= 4 is 23.4 Å². The van der Waals surface area contributed by atoms with Crippen LogP contribution in [-0.4, -0.2) is 36.9 Å². The maximum atomic E-state index is 12.3. The maximum absolute atomic E-state index is 12.3. The summed E-state index contributed by atoms with van der Waals surface area (Å²) in [6.07, 6.45) is 4.40. The number of thioether (sulfide) groups is 1. The van der Waals surface area contributed by atoms with Gasteiger partial charge in [0.15, 0.2) is 0 Å². The van der Waals surface area contributed by atoms with Crippen LogP contribution in [0.15, 0.2) is 84.3 Å². The van der Waals surface area contributed by atoms with E-state index in [0.717, 1.165) is 17.8 Å². The lowest BCUT2D eigenvalue weighted by atomic mass is 10.1. The number of anilines is 1. The average Bonchev–Trinajstić information content (AvgIpc) is 3.24. The molecule has 2 heterocycles. The number of aromatic nitrogens is 5. The first-order chi connectivity index (χ1) is 14.3. The summed E-state index contributed by atoms with van der Waals surface area (Å²) in [7, 11) is 0. The topological polar surface area (TPSA) is 85.6 Å². The lowest BCUT2D eigenvalue weighted by molar-refractivity contribution is -0.113. The van der Waals surface area contributed by atoms with Gasteiger partial charge in [0, 0.05) is 18.1 Å². The van der Waals surface area contributed by atoms with E-state index in [4.69, 9.17) is 0 Å². The Morgan fingerprint density at radius 3 is 2.41 bits per heavy atom. The van der Waals surface area contributed by atoms with Crippen molar-refractivity contribution in [2.24, 2.45) is 0 Å². The Morgan fingerprint density at radius 2 is 1.66 bits per heavy atom. The summed E-state index contributed by atoms with van der Waals surface area (Å²) < 4.78 is 1.62. The summed E-state index contributed by atoms with van der Waals surface area (Å²) in [5, 5.41) is 15.2. The molecule has 0 fully saturated rings. The molecule has 4 aromatic rings. The SMILES string of the molecule is O=C(CSc1nnnn1-c1ccccc1)Nc1ccc(Cc2ccncc2)cc1. The number of amides is 1. The van der Waals surface area contributed by atoms with E-state index in [1.54, 1.807) is 17.1 Å². The predicted octanol–water partition coefficient (Wildman–Crippen LogP) is 3.38. The van der Waals surface area contributed by atoms with Gasteiger partial charge in [-0.15, -0.1) is 5.10 Å². The second kappa shape index (κ2) is 9.11. The average molecular weight is 402 g/mol. The summed E-state index contributed by atoms with van der Waals surface area (Å²) >= 11 is 1.29. The number of nitrogens with one attached hydrogen (secondary N) is 1. The molecule has 0 spiro atoms. The van der Waals surface area contributed by atoms with E-state index >= 15 is 0 Å². The van der Waals surface area contributed by atoms with E-state index in [-0.39, 0.29) is 11.7 Å². The highest BCUT2D eigenvalue weighted by Gasteiger charge is 2.11. The smallest absolute Gasteiger partial charge is 0.234 e. The molecule has 0 saturated heterocycles. The van der Waals surface area contributed by atoms with Crippen LogP contribution in [0.25, 0.3) is 5.69 Å². The molecule has 0 aliphatic rings. The Balaban J connectivity index is 1.32. The molecular formula is C21H18N6OS. The van der Waals surface area contributed by atoms with Crippen LogP contribution in [0, 0.1) is 0 Å². The molecule has 2 aromatic carbocycles. The van der Waals surface area contributed by atoms with E-state index < -0.39 is 0 Å². The van der Waals surface area contributed by atoms with Crippen LogP contribution in [0.4, 0.5) is 5.69 Å². The molecule has 0 aliphatic heterocycles. The Morgan fingerprint density at radius 1 is 0.931 bits per heavy atom. The van der Waals surface area contributed by atoms with Crippen LogP contribution < -0.4 is 5.32 Å². The molecule has 2 aromatic heterocycles. The van der Waals surface area contributed by atoms with Gasteiger partial charge in [-0.05, 0) is 64.4 Å².